The van der Waals surface area contributed by atoms with Crippen LogP contribution >= 0.6 is 28.1 Å². The molecule has 0 aliphatic heterocycles. The van der Waals surface area contributed by atoms with Crippen molar-refractivity contribution in [3.8, 4) is 11.5 Å². The molecule has 30 heavy (non-hydrogen) atoms. The molecule has 0 saturated heterocycles. The highest BCUT2D eigenvalue weighted by atomic mass is 79.9. The molecule has 2 rings (SSSR count). The van der Waals surface area contributed by atoms with Crippen molar-refractivity contribution < 1.29 is 19.0 Å². The number of carbonyl (C=O) groups excluding carboxylic acids is 1. The Kier molecular flexibility index (Phi) is 10.1. The SMILES string of the molecule is COCCOc1cccc(NC(=S)NC(=O)c2ccc(OCCC(C)C)c(Br)c2)c1. The highest BCUT2D eigenvalue weighted by Crippen LogP contribution is 2.26. The minimum atomic E-state index is -0.311. The second kappa shape index (κ2) is 12.5. The van der Waals surface area contributed by atoms with Crippen molar-refractivity contribution in [3.05, 3.63) is 52.5 Å². The van der Waals surface area contributed by atoms with Crippen molar-refractivity contribution >= 4 is 44.9 Å². The number of halogens is 1. The van der Waals surface area contributed by atoms with Crippen LogP contribution in [-0.4, -0.2) is 38.0 Å². The predicted molar refractivity (Wildman–Crippen MR) is 127 cm³/mol. The number of methoxy groups -OCH3 is 1. The predicted octanol–water partition coefficient (Wildman–Crippen LogP) is 5.03. The van der Waals surface area contributed by atoms with Crippen molar-refractivity contribution in [2.24, 2.45) is 5.92 Å². The van der Waals surface area contributed by atoms with Gasteiger partial charge in [0.2, 0.25) is 0 Å². The van der Waals surface area contributed by atoms with E-state index in [-0.39, 0.29) is 11.0 Å². The van der Waals surface area contributed by atoms with Gasteiger partial charge >= 0.3 is 0 Å². The van der Waals surface area contributed by atoms with Gasteiger partial charge in [0.05, 0.1) is 17.7 Å². The fourth-order valence-corrected chi connectivity index (χ4v) is 3.11. The number of hydrogen-bond donors (Lipinski definition) is 2. The second-order valence-electron chi connectivity index (χ2n) is 6.95. The van der Waals surface area contributed by atoms with Gasteiger partial charge in [-0.25, -0.2) is 0 Å². The molecule has 0 radical (unpaired) electrons. The van der Waals surface area contributed by atoms with Gasteiger partial charge in [-0.1, -0.05) is 19.9 Å². The zero-order valence-corrected chi connectivity index (χ0v) is 19.8. The van der Waals surface area contributed by atoms with E-state index in [4.69, 9.17) is 26.4 Å². The minimum absolute atomic E-state index is 0.197. The summed E-state index contributed by atoms with van der Waals surface area (Å²) in [4.78, 5) is 12.5. The quantitative estimate of drug-likeness (QED) is 0.356. The van der Waals surface area contributed by atoms with Gasteiger partial charge in [0.25, 0.3) is 5.91 Å². The first-order valence-corrected chi connectivity index (χ1v) is 10.9. The Balaban J connectivity index is 1.90. The van der Waals surface area contributed by atoms with Crippen LogP contribution in [0.25, 0.3) is 0 Å². The molecule has 8 heteroatoms. The van der Waals surface area contributed by atoms with Crippen molar-refractivity contribution in [2.75, 3.05) is 32.2 Å². The summed E-state index contributed by atoms with van der Waals surface area (Å²) in [5.41, 5.74) is 1.18. The first kappa shape index (κ1) is 24.1. The van der Waals surface area contributed by atoms with Gasteiger partial charge in [-0.05, 0) is 70.8 Å². The zero-order valence-electron chi connectivity index (χ0n) is 17.4. The number of ether oxygens (including phenoxy) is 3. The minimum Gasteiger partial charge on any atom is -0.492 e. The smallest absolute Gasteiger partial charge is 0.257 e. The van der Waals surface area contributed by atoms with Gasteiger partial charge in [-0.3, -0.25) is 10.1 Å². The van der Waals surface area contributed by atoms with Gasteiger partial charge in [0.15, 0.2) is 5.11 Å². The first-order valence-electron chi connectivity index (χ1n) is 9.65. The Morgan fingerprint density at radius 1 is 1.10 bits per heavy atom. The van der Waals surface area contributed by atoms with Crippen LogP contribution in [0, 0.1) is 5.92 Å². The van der Waals surface area contributed by atoms with Crippen LogP contribution in [0.15, 0.2) is 46.9 Å². The maximum Gasteiger partial charge on any atom is 0.257 e. The lowest BCUT2D eigenvalue weighted by Gasteiger charge is -2.13. The standard InChI is InChI=1S/C22H27BrN2O4S/c1-15(2)9-10-29-20-8-7-16(13-19(20)23)21(26)25-22(30)24-17-5-4-6-18(14-17)28-12-11-27-3/h4-8,13-15H,9-12H2,1-3H3,(H2,24,25,26,30). The molecule has 6 nitrogen and oxygen atoms in total. The molecule has 0 aliphatic rings. The summed E-state index contributed by atoms with van der Waals surface area (Å²) in [6.45, 7) is 5.88. The van der Waals surface area contributed by atoms with Gasteiger partial charge in [-0.2, -0.15) is 0 Å². The summed E-state index contributed by atoms with van der Waals surface area (Å²) >= 11 is 8.72. The number of thiocarbonyl (C=S) groups is 1. The van der Waals surface area contributed by atoms with Crippen LogP contribution in [0.1, 0.15) is 30.6 Å². The van der Waals surface area contributed by atoms with Crippen LogP contribution in [0.5, 0.6) is 11.5 Å². The van der Waals surface area contributed by atoms with Crippen LogP contribution in [0.3, 0.4) is 0 Å². The molecule has 2 aromatic carbocycles. The molecule has 0 saturated carbocycles. The fraction of sp³-hybridized carbons (Fsp3) is 0.364. The lowest BCUT2D eigenvalue weighted by Crippen LogP contribution is -2.34. The van der Waals surface area contributed by atoms with Crippen molar-refractivity contribution in [2.45, 2.75) is 20.3 Å². The van der Waals surface area contributed by atoms with Crippen LogP contribution in [-0.2, 0) is 4.74 Å². The highest BCUT2D eigenvalue weighted by Gasteiger charge is 2.11. The van der Waals surface area contributed by atoms with Gasteiger partial charge < -0.3 is 19.5 Å². The monoisotopic (exact) mass is 494 g/mol. The molecular formula is C22H27BrN2O4S. The lowest BCUT2D eigenvalue weighted by atomic mass is 10.1. The van der Waals surface area contributed by atoms with E-state index in [0.29, 0.717) is 48.5 Å². The van der Waals surface area contributed by atoms with E-state index >= 15 is 0 Å². The maximum atomic E-state index is 12.5. The molecule has 162 valence electrons. The molecule has 0 unspecified atom stereocenters. The molecule has 0 aliphatic carbocycles. The molecular weight excluding hydrogens is 468 g/mol. The largest absolute Gasteiger partial charge is 0.492 e. The molecule has 0 bridgehead atoms. The summed E-state index contributed by atoms with van der Waals surface area (Å²) in [5, 5.41) is 5.87. The normalized spacial score (nSPS) is 10.6. The summed E-state index contributed by atoms with van der Waals surface area (Å²) in [7, 11) is 1.62. The fourth-order valence-electron chi connectivity index (χ4n) is 2.41. The number of anilines is 1. The zero-order chi connectivity index (χ0) is 21.9. The number of benzene rings is 2. The average Bonchev–Trinajstić information content (AvgIpc) is 2.69. The molecule has 0 atom stereocenters. The third kappa shape index (κ3) is 8.30. The van der Waals surface area contributed by atoms with E-state index in [1.54, 1.807) is 31.4 Å². The Labute approximate surface area is 191 Å². The number of rotatable bonds is 10. The number of hydrogen-bond acceptors (Lipinski definition) is 5. The molecule has 0 spiro atoms. The third-order valence-electron chi connectivity index (χ3n) is 4.02. The molecule has 0 fully saturated rings. The average molecular weight is 495 g/mol. The third-order valence-corrected chi connectivity index (χ3v) is 4.85. The van der Waals surface area contributed by atoms with E-state index in [2.05, 4.69) is 40.4 Å². The van der Waals surface area contributed by atoms with Crippen molar-refractivity contribution in [1.29, 1.82) is 0 Å². The van der Waals surface area contributed by atoms with E-state index in [0.717, 1.165) is 10.9 Å². The van der Waals surface area contributed by atoms with Crippen LogP contribution in [0.2, 0.25) is 0 Å². The van der Waals surface area contributed by atoms with Crippen molar-refractivity contribution in [3.63, 3.8) is 0 Å². The summed E-state index contributed by atoms with van der Waals surface area (Å²) in [6, 6.07) is 12.5. The topological polar surface area (TPSA) is 68.8 Å². The second-order valence-corrected chi connectivity index (χ2v) is 8.22. The van der Waals surface area contributed by atoms with E-state index in [9.17, 15) is 4.79 Å². The summed E-state index contributed by atoms with van der Waals surface area (Å²) in [6.07, 6.45) is 0.966. The lowest BCUT2D eigenvalue weighted by molar-refractivity contribution is 0.0977. The maximum absolute atomic E-state index is 12.5. The number of amides is 1. The molecule has 2 aromatic rings. The summed E-state index contributed by atoms with van der Waals surface area (Å²) < 4.78 is 17.0. The van der Waals surface area contributed by atoms with Gasteiger partial charge in [0.1, 0.15) is 18.1 Å². The van der Waals surface area contributed by atoms with E-state index in [1.165, 1.54) is 0 Å². The Morgan fingerprint density at radius 2 is 1.90 bits per heavy atom. The Bertz CT molecular complexity index is 861. The van der Waals surface area contributed by atoms with E-state index < -0.39 is 0 Å². The molecule has 0 aromatic heterocycles. The van der Waals surface area contributed by atoms with Crippen LogP contribution in [0.4, 0.5) is 5.69 Å². The summed E-state index contributed by atoms with van der Waals surface area (Å²) in [5.74, 6) is 1.65. The van der Waals surface area contributed by atoms with Gasteiger partial charge in [-0.15, -0.1) is 0 Å². The Morgan fingerprint density at radius 3 is 2.60 bits per heavy atom. The number of nitrogens with one attached hydrogen (secondary N) is 2. The molecule has 1 amide bonds. The Hall–Kier alpha value is -2.16. The molecule has 0 heterocycles. The molecule has 2 N–H and O–H groups in total. The number of carbonyl (C=O) groups is 1. The van der Waals surface area contributed by atoms with E-state index in [1.807, 2.05) is 18.2 Å². The van der Waals surface area contributed by atoms with Crippen LogP contribution < -0.4 is 20.1 Å². The van der Waals surface area contributed by atoms with Crippen molar-refractivity contribution in [1.82, 2.24) is 5.32 Å². The van der Waals surface area contributed by atoms with Gasteiger partial charge in [0, 0.05) is 24.4 Å². The first-order chi connectivity index (χ1) is 14.4. The highest BCUT2D eigenvalue weighted by molar-refractivity contribution is 9.10.